The van der Waals surface area contributed by atoms with E-state index < -0.39 is 10.8 Å². The van der Waals surface area contributed by atoms with Crippen molar-refractivity contribution in [3.8, 4) is 0 Å². The second kappa shape index (κ2) is 1.86. The van der Waals surface area contributed by atoms with E-state index in [1.165, 1.54) is 0 Å². The maximum absolute atomic E-state index is 10.7. The molecule has 1 aliphatic heterocycles. The molecular weight excluding hydrogens is 120 g/mol. The van der Waals surface area contributed by atoms with Crippen LogP contribution >= 0.6 is 0 Å². The Bertz CT molecular complexity index is 151. The molecule has 0 amide bonds. The van der Waals surface area contributed by atoms with E-state index in [4.69, 9.17) is 0 Å². The van der Waals surface area contributed by atoms with Crippen LogP contribution in [0.2, 0.25) is 0 Å². The Labute approximate surface area is 51.6 Å². The Kier molecular flexibility index (Phi) is 1.34. The lowest BCUT2D eigenvalue weighted by Crippen LogP contribution is -1.86. The fraction of sp³-hybridized carbons (Fsp3) is 0.333. The lowest BCUT2D eigenvalue weighted by Gasteiger charge is -1.85. The van der Waals surface area contributed by atoms with Gasteiger partial charge in [0.25, 0.3) is 0 Å². The Hall–Kier alpha value is -0.370. The lowest BCUT2D eigenvalue weighted by atomic mass is 10.2. The maximum Gasteiger partial charge on any atom is 0.0486 e. The normalized spacial score (nSPS) is 22.5. The van der Waals surface area contributed by atoms with Crippen LogP contribution in [-0.2, 0) is 10.8 Å². The van der Waals surface area contributed by atoms with Gasteiger partial charge in [0.05, 0.1) is 0 Å². The van der Waals surface area contributed by atoms with E-state index >= 15 is 0 Å². The van der Waals surface area contributed by atoms with Gasteiger partial charge in [0, 0.05) is 22.3 Å². The summed E-state index contributed by atoms with van der Waals surface area (Å²) in [6.07, 6.45) is 0. The molecular formula is C6H8OS. The molecule has 1 nitrogen and oxygen atoms in total. The highest BCUT2D eigenvalue weighted by Crippen LogP contribution is 2.16. The predicted octanol–water partition coefficient (Wildman–Crippen LogP) is 0.861. The number of rotatable bonds is 0. The summed E-state index contributed by atoms with van der Waals surface area (Å²) in [6, 6.07) is 0. The second-order valence-electron chi connectivity index (χ2n) is 1.94. The molecule has 8 heavy (non-hydrogen) atoms. The minimum absolute atomic E-state index is 0.638. The minimum Gasteiger partial charge on any atom is -0.259 e. The van der Waals surface area contributed by atoms with E-state index in [1.54, 1.807) is 0 Å². The van der Waals surface area contributed by atoms with Gasteiger partial charge in [-0.2, -0.15) is 0 Å². The van der Waals surface area contributed by atoms with E-state index in [2.05, 4.69) is 13.2 Å². The average molecular weight is 128 g/mol. The molecule has 1 heterocycles. The van der Waals surface area contributed by atoms with Crippen molar-refractivity contribution >= 4 is 10.8 Å². The molecule has 1 aliphatic rings. The summed E-state index contributed by atoms with van der Waals surface area (Å²) < 4.78 is 10.7. The van der Waals surface area contributed by atoms with Gasteiger partial charge >= 0.3 is 0 Å². The van der Waals surface area contributed by atoms with Gasteiger partial charge in [-0.25, -0.2) is 0 Å². The van der Waals surface area contributed by atoms with Gasteiger partial charge in [0.15, 0.2) is 0 Å². The van der Waals surface area contributed by atoms with Crippen molar-refractivity contribution in [3.63, 3.8) is 0 Å². The lowest BCUT2D eigenvalue weighted by molar-refractivity contribution is 0.688. The zero-order valence-electron chi connectivity index (χ0n) is 4.64. The topological polar surface area (TPSA) is 17.1 Å². The summed E-state index contributed by atoms with van der Waals surface area (Å²) in [5.41, 5.74) is 1.92. The van der Waals surface area contributed by atoms with E-state index in [9.17, 15) is 4.21 Å². The molecule has 0 radical (unpaired) electrons. The molecule has 0 aliphatic carbocycles. The summed E-state index contributed by atoms with van der Waals surface area (Å²) >= 11 is 0. The first-order valence-electron chi connectivity index (χ1n) is 2.41. The minimum atomic E-state index is -0.682. The van der Waals surface area contributed by atoms with Gasteiger partial charge in [0.1, 0.15) is 0 Å². The van der Waals surface area contributed by atoms with E-state index in [0.717, 1.165) is 11.1 Å². The molecule has 0 saturated carbocycles. The van der Waals surface area contributed by atoms with Gasteiger partial charge in [-0.05, 0) is 11.1 Å². The van der Waals surface area contributed by atoms with Crippen molar-refractivity contribution in [1.82, 2.24) is 0 Å². The smallest absolute Gasteiger partial charge is 0.0486 e. The molecule has 0 atom stereocenters. The van der Waals surface area contributed by atoms with Gasteiger partial charge in [0.2, 0.25) is 0 Å². The molecule has 0 unspecified atom stereocenters. The Morgan fingerprint density at radius 3 is 1.75 bits per heavy atom. The van der Waals surface area contributed by atoms with Gasteiger partial charge in [-0.3, -0.25) is 4.21 Å². The highest BCUT2D eigenvalue weighted by atomic mass is 32.2. The first-order chi connectivity index (χ1) is 3.70. The molecule has 1 saturated heterocycles. The predicted molar refractivity (Wildman–Crippen MR) is 36.2 cm³/mol. The fourth-order valence-corrected chi connectivity index (χ4v) is 1.93. The van der Waals surface area contributed by atoms with Gasteiger partial charge in [-0.15, -0.1) is 0 Å². The van der Waals surface area contributed by atoms with Crippen LogP contribution in [0.1, 0.15) is 0 Å². The zero-order valence-corrected chi connectivity index (χ0v) is 5.46. The number of hydrogen-bond acceptors (Lipinski definition) is 1. The third-order valence-corrected chi connectivity index (χ3v) is 2.51. The van der Waals surface area contributed by atoms with Crippen LogP contribution in [-0.4, -0.2) is 15.7 Å². The van der Waals surface area contributed by atoms with Crippen LogP contribution in [0.15, 0.2) is 24.3 Å². The van der Waals surface area contributed by atoms with Crippen LogP contribution in [0.4, 0.5) is 0 Å². The fourth-order valence-electron chi connectivity index (χ4n) is 0.644. The first-order valence-corrected chi connectivity index (χ1v) is 3.90. The molecule has 0 aromatic rings. The Morgan fingerprint density at radius 1 is 1.25 bits per heavy atom. The summed E-state index contributed by atoms with van der Waals surface area (Å²) in [7, 11) is -0.682. The van der Waals surface area contributed by atoms with Crippen LogP contribution in [0, 0.1) is 0 Å². The zero-order chi connectivity index (χ0) is 6.15. The van der Waals surface area contributed by atoms with E-state index in [1.807, 2.05) is 0 Å². The van der Waals surface area contributed by atoms with Crippen LogP contribution in [0.5, 0.6) is 0 Å². The Morgan fingerprint density at radius 2 is 1.62 bits per heavy atom. The SMILES string of the molecule is C=C1CS(=O)CC1=C. The molecule has 2 heteroatoms. The molecule has 0 spiro atoms. The molecule has 0 aromatic carbocycles. The van der Waals surface area contributed by atoms with E-state index in [-0.39, 0.29) is 0 Å². The van der Waals surface area contributed by atoms with Crippen molar-refractivity contribution in [3.05, 3.63) is 24.3 Å². The third-order valence-electron chi connectivity index (χ3n) is 1.17. The quantitative estimate of drug-likeness (QED) is 0.473. The second-order valence-corrected chi connectivity index (χ2v) is 3.39. The molecule has 44 valence electrons. The van der Waals surface area contributed by atoms with E-state index in [0.29, 0.717) is 11.5 Å². The van der Waals surface area contributed by atoms with Crippen molar-refractivity contribution in [2.24, 2.45) is 0 Å². The monoisotopic (exact) mass is 128 g/mol. The molecule has 0 aromatic heterocycles. The third kappa shape index (κ3) is 0.892. The summed E-state index contributed by atoms with van der Waals surface area (Å²) in [5.74, 6) is 1.28. The van der Waals surface area contributed by atoms with Crippen LogP contribution < -0.4 is 0 Å². The highest BCUT2D eigenvalue weighted by molar-refractivity contribution is 7.85. The van der Waals surface area contributed by atoms with Gasteiger partial charge in [-0.1, -0.05) is 13.2 Å². The molecule has 0 bridgehead atoms. The molecule has 1 rings (SSSR count). The maximum atomic E-state index is 10.7. The summed E-state index contributed by atoms with van der Waals surface area (Å²) in [5, 5.41) is 0. The van der Waals surface area contributed by atoms with Crippen molar-refractivity contribution in [1.29, 1.82) is 0 Å². The first kappa shape index (κ1) is 5.76. The standard InChI is InChI=1S/C6H8OS/c1-5-3-8(7)4-6(5)2/h1-4H2. The average Bonchev–Trinajstić information content (AvgIpc) is 1.85. The Balaban J connectivity index is 2.79. The largest absolute Gasteiger partial charge is 0.259 e. The van der Waals surface area contributed by atoms with Crippen LogP contribution in [0.3, 0.4) is 0 Å². The van der Waals surface area contributed by atoms with Crippen LogP contribution in [0.25, 0.3) is 0 Å². The molecule has 1 fully saturated rings. The van der Waals surface area contributed by atoms with Crippen molar-refractivity contribution in [2.45, 2.75) is 0 Å². The highest BCUT2D eigenvalue weighted by Gasteiger charge is 2.15. The van der Waals surface area contributed by atoms with Crippen molar-refractivity contribution in [2.75, 3.05) is 11.5 Å². The summed E-state index contributed by atoms with van der Waals surface area (Å²) in [6.45, 7) is 7.39. The van der Waals surface area contributed by atoms with Gasteiger partial charge < -0.3 is 0 Å². The summed E-state index contributed by atoms with van der Waals surface area (Å²) in [4.78, 5) is 0. The van der Waals surface area contributed by atoms with Crippen molar-refractivity contribution < 1.29 is 4.21 Å². The number of hydrogen-bond donors (Lipinski definition) is 0. The molecule has 0 N–H and O–H groups in total.